The Kier molecular flexibility index (Phi) is 2.73. The lowest BCUT2D eigenvalue weighted by molar-refractivity contribution is -0.117. The first-order valence-corrected chi connectivity index (χ1v) is 5.77. The first-order chi connectivity index (χ1) is 7.91. The lowest BCUT2D eigenvalue weighted by Crippen LogP contribution is -2.17. The van der Waals surface area contributed by atoms with Crippen molar-refractivity contribution in [1.29, 1.82) is 0 Å². The normalized spacial score (nSPS) is 19.1. The summed E-state index contributed by atoms with van der Waals surface area (Å²) in [7, 11) is 0. The summed E-state index contributed by atoms with van der Waals surface area (Å²) in [6, 6.07) is 0. The molecule has 1 aromatic carbocycles. The number of carbonyl (C=O) groups is 1. The maximum atomic E-state index is 11.7. The van der Waals surface area contributed by atoms with Crippen LogP contribution in [0.15, 0.2) is 0 Å². The van der Waals surface area contributed by atoms with Gasteiger partial charge in [-0.1, -0.05) is 0 Å². The number of fused-ring (bicyclic) bond motifs is 1. The van der Waals surface area contributed by atoms with Crippen molar-refractivity contribution in [2.24, 2.45) is 0 Å². The summed E-state index contributed by atoms with van der Waals surface area (Å²) in [5.41, 5.74) is 10.4. The number of amides is 1. The maximum absolute atomic E-state index is 11.7. The van der Waals surface area contributed by atoms with Gasteiger partial charge in [0.05, 0.1) is 12.1 Å². The number of rotatable bonds is 0. The van der Waals surface area contributed by atoms with Crippen molar-refractivity contribution in [3.8, 4) is 5.75 Å². The van der Waals surface area contributed by atoms with Gasteiger partial charge in [-0.2, -0.15) is 0 Å². The molecular formula is C13H18N2O2. The number of anilines is 2. The SMILES string of the molecule is Cc1c(C)c2c(c(C)c1N)OC(C)CC(=O)N2. The van der Waals surface area contributed by atoms with Crippen molar-refractivity contribution in [1.82, 2.24) is 0 Å². The molecule has 0 aromatic heterocycles. The minimum absolute atomic E-state index is 0.0112. The van der Waals surface area contributed by atoms with Crippen LogP contribution in [0.5, 0.6) is 5.75 Å². The quantitative estimate of drug-likeness (QED) is 0.677. The zero-order chi connectivity index (χ0) is 12.7. The lowest BCUT2D eigenvalue weighted by atomic mass is 10.00. The third kappa shape index (κ3) is 1.84. The minimum Gasteiger partial charge on any atom is -0.488 e. The highest BCUT2D eigenvalue weighted by atomic mass is 16.5. The third-order valence-electron chi connectivity index (χ3n) is 3.37. The van der Waals surface area contributed by atoms with Gasteiger partial charge in [-0.05, 0) is 38.8 Å². The number of nitrogen functional groups attached to an aromatic ring is 1. The van der Waals surface area contributed by atoms with E-state index in [1.54, 1.807) is 0 Å². The number of ether oxygens (including phenoxy) is 1. The molecule has 2 rings (SSSR count). The van der Waals surface area contributed by atoms with Crippen LogP contribution in [-0.4, -0.2) is 12.0 Å². The molecule has 0 fully saturated rings. The molecule has 0 aliphatic carbocycles. The highest BCUT2D eigenvalue weighted by molar-refractivity contribution is 5.96. The molecule has 1 aliphatic rings. The molecule has 0 spiro atoms. The number of nitrogens with one attached hydrogen (secondary N) is 1. The summed E-state index contributed by atoms with van der Waals surface area (Å²) in [5, 5.41) is 2.91. The van der Waals surface area contributed by atoms with Crippen molar-refractivity contribution in [3.05, 3.63) is 16.7 Å². The fraction of sp³-hybridized carbons (Fsp3) is 0.462. The second-order valence-corrected chi connectivity index (χ2v) is 4.67. The Balaban J connectivity index is 2.68. The summed E-state index contributed by atoms with van der Waals surface area (Å²) in [6.45, 7) is 7.71. The van der Waals surface area contributed by atoms with E-state index in [4.69, 9.17) is 10.5 Å². The molecule has 4 nitrogen and oxygen atoms in total. The first-order valence-electron chi connectivity index (χ1n) is 5.77. The average Bonchev–Trinajstić information content (AvgIpc) is 2.42. The number of hydrogen-bond acceptors (Lipinski definition) is 3. The summed E-state index contributed by atoms with van der Waals surface area (Å²) in [4.78, 5) is 11.7. The second kappa shape index (κ2) is 3.95. The summed E-state index contributed by atoms with van der Waals surface area (Å²) in [6.07, 6.45) is 0.239. The van der Waals surface area contributed by atoms with Crippen LogP contribution in [0.3, 0.4) is 0 Å². The van der Waals surface area contributed by atoms with Gasteiger partial charge in [0, 0.05) is 11.3 Å². The highest BCUT2D eigenvalue weighted by Gasteiger charge is 2.24. The zero-order valence-corrected chi connectivity index (χ0v) is 10.7. The Labute approximate surface area is 101 Å². The molecule has 1 aromatic rings. The van der Waals surface area contributed by atoms with Gasteiger partial charge in [0.25, 0.3) is 0 Å². The van der Waals surface area contributed by atoms with Crippen molar-refractivity contribution >= 4 is 17.3 Å². The molecule has 1 unspecified atom stereocenters. The molecule has 1 amide bonds. The second-order valence-electron chi connectivity index (χ2n) is 4.67. The molecule has 0 bridgehead atoms. The molecule has 1 atom stereocenters. The van der Waals surface area contributed by atoms with Gasteiger partial charge in [0.15, 0.2) is 0 Å². The standard InChI is InChI=1S/C13H18N2O2/c1-6-5-10(16)15-12-8(3)7(2)11(14)9(4)13(12)17-6/h6H,5,14H2,1-4H3,(H,15,16). The van der Waals surface area contributed by atoms with Crippen LogP contribution in [0.4, 0.5) is 11.4 Å². The van der Waals surface area contributed by atoms with E-state index >= 15 is 0 Å². The predicted molar refractivity (Wildman–Crippen MR) is 68.4 cm³/mol. The van der Waals surface area contributed by atoms with Crippen LogP contribution in [0, 0.1) is 20.8 Å². The van der Waals surface area contributed by atoms with E-state index in [1.165, 1.54) is 0 Å². The van der Waals surface area contributed by atoms with E-state index in [1.807, 2.05) is 27.7 Å². The number of benzene rings is 1. The number of nitrogens with two attached hydrogens (primary N) is 1. The van der Waals surface area contributed by atoms with Crippen LogP contribution in [0.1, 0.15) is 30.0 Å². The van der Waals surface area contributed by atoms with Crippen molar-refractivity contribution in [3.63, 3.8) is 0 Å². The van der Waals surface area contributed by atoms with Crippen molar-refractivity contribution in [2.75, 3.05) is 11.1 Å². The predicted octanol–water partition coefficient (Wildman–Crippen LogP) is 2.30. The molecule has 0 radical (unpaired) electrons. The molecule has 1 heterocycles. The Morgan fingerprint density at radius 2 is 1.88 bits per heavy atom. The smallest absolute Gasteiger partial charge is 0.228 e. The van der Waals surface area contributed by atoms with E-state index in [0.717, 1.165) is 28.1 Å². The average molecular weight is 234 g/mol. The molecule has 17 heavy (non-hydrogen) atoms. The third-order valence-corrected chi connectivity index (χ3v) is 3.37. The van der Waals surface area contributed by atoms with Gasteiger partial charge in [-0.25, -0.2) is 0 Å². The molecule has 92 valence electrons. The largest absolute Gasteiger partial charge is 0.488 e. The molecule has 0 saturated carbocycles. The number of hydrogen-bond donors (Lipinski definition) is 2. The monoisotopic (exact) mass is 234 g/mol. The topological polar surface area (TPSA) is 64.3 Å². The molecule has 0 saturated heterocycles. The molecule has 1 aliphatic heterocycles. The first kappa shape index (κ1) is 11.8. The van der Waals surface area contributed by atoms with Crippen LogP contribution in [-0.2, 0) is 4.79 Å². The van der Waals surface area contributed by atoms with Crippen molar-refractivity contribution in [2.45, 2.75) is 40.2 Å². The van der Waals surface area contributed by atoms with Gasteiger partial charge in [-0.3, -0.25) is 4.79 Å². The Bertz CT molecular complexity index is 495. The van der Waals surface area contributed by atoms with Gasteiger partial charge < -0.3 is 15.8 Å². The summed E-state index contributed by atoms with van der Waals surface area (Å²) >= 11 is 0. The van der Waals surface area contributed by atoms with Gasteiger partial charge in [-0.15, -0.1) is 0 Å². The zero-order valence-electron chi connectivity index (χ0n) is 10.7. The van der Waals surface area contributed by atoms with E-state index in [-0.39, 0.29) is 12.0 Å². The minimum atomic E-state index is -0.128. The van der Waals surface area contributed by atoms with Crippen molar-refractivity contribution < 1.29 is 9.53 Å². The lowest BCUT2D eigenvalue weighted by Gasteiger charge is -2.19. The maximum Gasteiger partial charge on any atom is 0.228 e. The Morgan fingerprint density at radius 1 is 1.24 bits per heavy atom. The summed E-state index contributed by atoms with van der Waals surface area (Å²) in [5.74, 6) is 0.701. The highest BCUT2D eigenvalue weighted by Crippen LogP contribution is 2.40. The fourth-order valence-electron chi connectivity index (χ4n) is 2.14. The molecule has 4 heteroatoms. The van der Waals surface area contributed by atoms with E-state index in [2.05, 4.69) is 5.32 Å². The van der Waals surface area contributed by atoms with Crippen LogP contribution >= 0.6 is 0 Å². The Hall–Kier alpha value is -1.71. The van der Waals surface area contributed by atoms with Gasteiger partial charge in [0.2, 0.25) is 5.91 Å². The fourth-order valence-corrected chi connectivity index (χ4v) is 2.14. The number of carbonyl (C=O) groups excluding carboxylic acids is 1. The van der Waals surface area contributed by atoms with Gasteiger partial charge in [0.1, 0.15) is 11.9 Å². The van der Waals surface area contributed by atoms with E-state index < -0.39 is 0 Å². The molecular weight excluding hydrogens is 216 g/mol. The Morgan fingerprint density at radius 3 is 2.53 bits per heavy atom. The van der Waals surface area contributed by atoms with E-state index in [9.17, 15) is 4.79 Å². The van der Waals surface area contributed by atoms with Crippen LogP contribution < -0.4 is 15.8 Å². The van der Waals surface area contributed by atoms with Gasteiger partial charge >= 0.3 is 0 Å². The van der Waals surface area contributed by atoms with Crippen LogP contribution in [0.2, 0.25) is 0 Å². The molecule has 3 N–H and O–H groups in total. The summed E-state index contributed by atoms with van der Waals surface area (Å²) < 4.78 is 5.81. The van der Waals surface area contributed by atoms with E-state index in [0.29, 0.717) is 12.2 Å². The van der Waals surface area contributed by atoms with Crippen LogP contribution in [0.25, 0.3) is 0 Å².